The molecule has 2 aromatic rings. The Morgan fingerprint density at radius 1 is 1.20 bits per heavy atom. The number of hydrogen-bond acceptors (Lipinski definition) is 3. The zero-order valence-electron chi connectivity index (χ0n) is 11.2. The monoisotopic (exact) mass is 286 g/mol. The van der Waals surface area contributed by atoms with Crippen LogP contribution in [0.4, 0.5) is 5.69 Å². The minimum atomic E-state index is 0.0660. The average Bonchev–Trinajstić information content (AvgIpc) is 2.45. The highest BCUT2D eigenvalue weighted by Crippen LogP contribution is 2.23. The zero-order valence-corrected chi connectivity index (χ0v) is 11.9. The minimum absolute atomic E-state index is 0.0660. The number of nitrogens with one attached hydrogen (secondary N) is 1. The Labute approximate surface area is 123 Å². The van der Waals surface area contributed by atoms with Crippen LogP contribution in [-0.4, -0.2) is 6.61 Å². The van der Waals surface area contributed by atoms with Crippen molar-refractivity contribution in [2.24, 2.45) is 0 Å². The second-order valence-electron chi connectivity index (χ2n) is 4.43. The van der Waals surface area contributed by atoms with Gasteiger partial charge in [-0.1, -0.05) is 29.8 Å². The molecule has 0 heterocycles. The molecule has 0 amide bonds. The van der Waals surface area contributed by atoms with Gasteiger partial charge in [0.05, 0.1) is 10.7 Å². The summed E-state index contributed by atoms with van der Waals surface area (Å²) >= 11 is 6.17. The fourth-order valence-electron chi connectivity index (χ4n) is 1.78. The van der Waals surface area contributed by atoms with Gasteiger partial charge in [-0.2, -0.15) is 5.26 Å². The Balaban J connectivity index is 1.95. The van der Waals surface area contributed by atoms with Crippen LogP contribution in [-0.2, 0) is 6.54 Å². The molecule has 0 atom stereocenters. The van der Waals surface area contributed by atoms with Crippen LogP contribution < -0.4 is 10.1 Å². The number of halogens is 1. The molecule has 0 aliphatic rings. The molecule has 0 aliphatic heterocycles. The molecule has 0 radical (unpaired) electrons. The molecule has 0 aromatic heterocycles. The first-order valence-electron chi connectivity index (χ1n) is 6.28. The molecule has 3 nitrogen and oxygen atoms in total. The highest BCUT2D eigenvalue weighted by atomic mass is 35.5. The highest BCUT2D eigenvalue weighted by molar-refractivity contribution is 6.33. The van der Waals surface area contributed by atoms with Crippen molar-refractivity contribution in [3.8, 4) is 11.8 Å². The van der Waals surface area contributed by atoms with Crippen molar-refractivity contribution >= 4 is 17.3 Å². The molecule has 2 rings (SSSR count). The summed E-state index contributed by atoms with van der Waals surface area (Å²) in [5, 5.41) is 12.5. The van der Waals surface area contributed by atoms with E-state index in [2.05, 4.69) is 5.32 Å². The van der Waals surface area contributed by atoms with Gasteiger partial charge < -0.3 is 10.1 Å². The Morgan fingerprint density at radius 3 is 2.60 bits per heavy atom. The van der Waals surface area contributed by atoms with Crippen molar-refractivity contribution in [3.63, 3.8) is 0 Å². The summed E-state index contributed by atoms with van der Waals surface area (Å²) < 4.78 is 5.20. The summed E-state index contributed by atoms with van der Waals surface area (Å²) in [5.41, 5.74) is 3.17. The van der Waals surface area contributed by atoms with Crippen LogP contribution in [0, 0.1) is 18.3 Å². The Hall–Kier alpha value is -2.18. The number of nitrogens with zero attached hydrogens (tertiary/aromatic N) is 1. The molecule has 102 valence electrons. The van der Waals surface area contributed by atoms with Crippen LogP contribution in [0.2, 0.25) is 5.02 Å². The number of rotatable bonds is 5. The van der Waals surface area contributed by atoms with E-state index in [0.29, 0.717) is 12.3 Å². The zero-order chi connectivity index (χ0) is 14.4. The molecule has 0 aliphatic carbocycles. The van der Waals surface area contributed by atoms with Crippen LogP contribution in [0.1, 0.15) is 11.1 Å². The van der Waals surface area contributed by atoms with Crippen LogP contribution >= 0.6 is 11.6 Å². The maximum absolute atomic E-state index is 8.44. The smallest absolute Gasteiger partial charge is 0.174 e. The SMILES string of the molecule is Cc1ccc(NCc2ccc(OCC#N)cc2)c(Cl)c1. The molecule has 1 N–H and O–H groups in total. The quantitative estimate of drug-likeness (QED) is 0.897. The first-order valence-corrected chi connectivity index (χ1v) is 6.65. The fourth-order valence-corrected chi connectivity index (χ4v) is 2.08. The molecule has 0 unspecified atom stereocenters. The van der Waals surface area contributed by atoms with Crippen molar-refractivity contribution in [1.82, 2.24) is 0 Å². The van der Waals surface area contributed by atoms with Crippen LogP contribution in [0.5, 0.6) is 5.75 Å². The molecule has 0 fully saturated rings. The Morgan fingerprint density at radius 2 is 1.95 bits per heavy atom. The van der Waals surface area contributed by atoms with E-state index in [4.69, 9.17) is 21.6 Å². The van der Waals surface area contributed by atoms with E-state index in [1.54, 1.807) is 0 Å². The normalized spacial score (nSPS) is 9.85. The van der Waals surface area contributed by atoms with Gasteiger partial charge in [-0.15, -0.1) is 0 Å². The second kappa shape index (κ2) is 6.83. The maximum atomic E-state index is 8.44. The largest absolute Gasteiger partial charge is 0.479 e. The third-order valence-corrected chi connectivity index (χ3v) is 3.15. The summed E-state index contributed by atoms with van der Waals surface area (Å²) in [7, 11) is 0. The molecule has 0 bridgehead atoms. The number of benzene rings is 2. The number of hydrogen-bond donors (Lipinski definition) is 1. The number of anilines is 1. The third kappa shape index (κ3) is 3.91. The van der Waals surface area contributed by atoms with Crippen molar-refractivity contribution in [2.45, 2.75) is 13.5 Å². The highest BCUT2D eigenvalue weighted by Gasteiger charge is 2.00. The summed E-state index contributed by atoms with van der Waals surface area (Å²) in [6.07, 6.45) is 0. The predicted molar refractivity (Wildman–Crippen MR) is 81.1 cm³/mol. The molecule has 0 spiro atoms. The van der Waals surface area contributed by atoms with Gasteiger partial charge in [-0.3, -0.25) is 0 Å². The summed E-state index contributed by atoms with van der Waals surface area (Å²) in [4.78, 5) is 0. The Bertz CT molecular complexity index is 617. The van der Waals surface area contributed by atoms with E-state index < -0.39 is 0 Å². The second-order valence-corrected chi connectivity index (χ2v) is 4.83. The van der Waals surface area contributed by atoms with E-state index in [0.717, 1.165) is 21.8 Å². The van der Waals surface area contributed by atoms with Crippen LogP contribution in [0.3, 0.4) is 0 Å². The van der Waals surface area contributed by atoms with Gasteiger partial charge in [-0.05, 0) is 42.3 Å². The lowest BCUT2D eigenvalue weighted by Crippen LogP contribution is -2.00. The molecular weight excluding hydrogens is 272 g/mol. The third-order valence-electron chi connectivity index (χ3n) is 2.83. The number of ether oxygens (including phenoxy) is 1. The molecule has 4 heteroatoms. The van der Waals surface area contributed by atoms with E-state index in [9.17, 15) is 0 Å². The van der Waals surface area contributed by atoms with Gasteiger partial charge in [0.15, 0.2) is 6.61 Å². The van der Waals surface area contributed by atoms with Gasteiger partial charge in [0.25, 0.3) is 0 Å². The van der Waals surface area contributed by atoms with Crippen molar-refractivity contribution in [3.05, 3.63) is 58.6 Å². The lowest BCUT2D eigenvalue weighted by atomic mass is 10.2. The molecule has 0 saturated heterocycles. The first-order chi connectivity index (χ1) is 9.69. The van der Waals surface area contributed by atoms with E-state index >= 15 is 0 Å². The summed E-state index contributed by atoms with van der Waals surface area (Å²) in [6.45, 7) is 2.76. The molecule has 20 heavy (non-hydrogen) atoms. The summed E-state index contributed by atoms with van der Waals surface area (Å²) in [6, 6.07) is 15.5. The molecule has 2 aromatic carbocycles. The van der Waals surface area contributed by atoms with Crippen LogP contribution in [0.25, 0.3) is 0 Å². The van der Waals surface area contributed by atoms with Gasteiger partial charge in [-0.25, -0.2) is 0 Å². The van der Waals surface area contributed by atoms with Gasteiger partial charge in [0, 0.05) is 6.54 Å². The topological polar surface area (TPSA) is 45.0 Å². The van der Waals surface area contributed by atoms with Crippen LogP contribution in [0.15, 0.2) is 42.5 Å². The van der Waals surface area contributed by atoms with E-state index in [-0.39, 0.29) is 6.61 Å². The van der Waals surface area contributed by atoms with Crippen molar-refractivity contribution in [1.29, 1.82) is 5.26 Å². The lowest BCUT2D eigenvalue weighted by Gasteiger charge is -2.09. The van der Waals surface area contributed by atoms with Crippen molar-refractivity contribution in [2.75, 3.05) is 11.9 Å². The lowest BCUT2D eigenvalue weighted by molar-refractivity contribution is 0.368. The Kier molecular flexibility index (Phi) is 4.86. The molecule has 0 saturated carbocycles. The van der Waals surface area contributed by atoms with Gasteiger partial charge >= 0.3 is 0 Å². The molecular formula is C16H15ClN2O. The first kappa shape index (κ1) is 14.2. The number of nitriles is 1. The minimum Gasteiger partial charge on any atom is -0.479 e. The van der Waals surface area contributed by atoms with Gasteiger partial charge in [0.2, 0.25) is 0 Å². The fraction of sp³-hybridized carbons (Fsp3) is 0.188. The standard InChI is InChI=1S/C16H15ClN2O/c1-12-2-7-16(15(17)10-12)19-11-13-3-5-14(6-4-13)20-9-8-18/h2-7,10,19H,9,11H2,1H3. The van der Waals surface area contributed by atoms with Gasteiger partial charge in [0.1, 0.15) is 11.8 Å². The number of aryl methyl sites for hydroxylation is 1. The van der Waals surface area contributed by atoms with E-state index in [1.807, 2.05) is 55.5 Å². The van der Waals surface area contributed by atoms with E-state index in [1.165, 1.54) is 0 Å². The average molecular weight is 287 g/mol. The summed E-state index contributed by atoms with van der Waals surface area (Å²) in [5.74, 6) is 0.698. The van der Waals surface area contributed by atoms with Crippen molar-refractivity contribution < 1.29 is 4.74 Å². The maximum Gasteiger partial charge on any atom is 0.174 e. The predicted octanol–water partition coefficient (Wildman–Crippen LogP) is 4.16.